The molecule has 1 aromatic heterocycles. The van der Waals surface area contributed by atoms with Gasteiger partial charge >= 0.3 is 5.92 Å². The van der Waals surface area contributed by atoms with E-state index in [4.69, 9.17) is 17.3 Å². The van der Waals surface area contributed by atoms with Gasteiger partial charge in [-0.25, -0.2) is 0 Å². The van der Waals surface area contributed by atoms with Crippen molar-refractivity contribution in [3.63, 3.8) is 0 Å². The molecule has 2 aliphatic heterocycles. The number of thiophene rings is 1. The van der Waals surface area contributed by atoms with Crippen LogP contribution in [-0.4, -0.2) is 28.9 Å². The number of carbonyl (C=O) groups is 1. The second-order valence-electron chi connectivity index (χ2n) is 6.41. The van der Waals surface area contributed by atoms with Crippen LogP contribution >= 0.6 is 22.9 Å². The Kier molecular flexibility index (Phi) is 4.20. The van der Waals surface area contributed by atoms with Gasteiger partial charge in [0.2, 0.25) is 5.91 Å². The van der Waals surface area contributed by atoms with E-state index in [-0.39, 0.29) is 21.3 Å². The number of piperidine rings is 1. The van der Waals surface area contributed by atoms with E-state index in [1.165, 1.54) is 12.1 Å². The number of hydrogen-bond acceptors (Lipinski definition) is 3. The molecule has 0 aromatic carbocycles. The third-order valence-electron chi connectivity index (χ3n) is 4.78. The molecule has 1 aromatic rings. The van der Waals surface area contributed by atoms with Gasteiger partial charge in [0.1, 0.15) is 0 Å². The summed E-state index contributed by atoms with van der Waals surface area (Å²) in [5.74, 6) is -3.49. The molecule has 3 unspecified atom stereocenters. The van der Waals surface area contributed by atoms with Crippen molar-refractivity contribution in [3.8, 4) is 0 Å². The van der Waals surface area contributed by atoms with E-state index in [1.54, 1.807) is 4.90 Å². The van der Waals surface area contributed by atoms with Gasteiger partial charge in [0.05, 0.1) is 9.21 Å². The van der Waals surface area contributed by atoms with Crippen LogP contribution in [0.15, 0.2) is 12.1 Å². The quantitative estimate of drug-likeness (QED) is 0.907. The second kappa shape index (κ2) is 5.73. The second-order valence-corrected chi connectivity index (χ2v) is 8.13. The van der Waals surface area contributed by atoms with Gasteiger partial charge in [-0.15, -0.1) is 11.3 Å². The van der Waals surface area contributed by atoms with Gasteiger partial charge in [0.15, 0.2) is 6.04 Å². The lowest BCUT2D eigenvalue weighted by Gasteiger charge is -2.40. The summed E-state index contributed by atoms with van der Waals surface area (Å²) in [6.07, 6.45) is 3.55. The lowest BCUT2D eigenvalue weighted by molar-refractivity contribution is -0.148. The fraction of sp³-hybridized carbons (Fsp3) is 0.667. The minimum atomic E-state index is -3.39. The lowest BCUT2D eigenvalue weighted by atomic mass is 9.91. The largest absolute Gasteiger partial charge is 0.335 e. The molecule has 2 fully saturated rings. The lowest BCUT2D eigenvalue weighted by Crippen LogP contribution is -2.57. The Morgan fingerprint density at radius 2 is 2.00 bits per heavy atom. The number of carbonyl (C=O) groups excluding carboxylic acids is 1. The monoisotopic (exact) mass is 348 g/mol. The number of nitrogens with two attached hydrogens (primary N) is 1. The zero-order chi connectivity index (χ0) is 16.1. The predicted octanol–water partition coefficient (Wildman–Crippen LogP) is 3.61. The number of fused-ring (bicyclic) bond motifs is 2. The van der Waals surface area contributed by atoms with Crippen LogP contribution in [0.25, 0.3) is 0 Å². The number of alkyl halides is 2. The molecular formula is C15H19ClF2N2OS. The fourth-order valence-corrected chi connectivity index (χ4v) is 4.83. The molecule has 3 nitrogen and oxygen atoms in total. The maximum Gasteiger partial charge on any atom is 0.305 e. The van der Waals surface area contributed by atoms with Crippen molar-refractivity contribution in [1.29, 1.82) is 0 Å². The minimum Gasteiger partial charge on any atom is -0.335 e. The van der Waals surface area contributed by atoms with Gasteiger partial charge in [-0.2, -0.15) is 8.78 Å². The highest BCUT2D eigenvalue weighted by atomic mass is 35.5. The number of halogens is 3. The van der Waals surface area contributed by atoms with Gasteiger partial charge in [0.25, 0.3) is 0 Å². The molecule has 0 spiro atoms. The van der Waals surface area contributed by atoms with Crippen LogP contribution in [0.5, 0.6) is 0 Å². The summed E-state index contributed by atoms with van der Waals surface area (Å²) in [5.41, 5.74) is 5.68. The molecule has 2 saturated heterocycles. The maximum atomic E-state index is 14.5. The Bertz CT molecular complexity index is 566. The zero-order valence-corrected chi connectivity index (χ0v) is 13.8. The van der Waals surface area contributed by atoms with Gasteiger partial charge in [-0.3, -0.25) is 4.79 Å². The van der Waals surface area contributed by atoms with E-state index >= 15 is 0 Å². The van der Waals surface area contributed by atoms with Crippen LogP contribution in [-0.2, 0) is 10.7 Å². The summed E-state index contributed by atoms with van der Waals surface area (Å²) >= 11 is 6.49. The summed E-state index contributed by atoms with van der Waals surface area (Å²) in [6, 6.07) is 0.926. The zero-order valence-electron chi connectivity index (χ0n) is 12.3. The van der Waals surface area contributed by atoms with Crippen LogP contribution in [0, 0.1) is 5.92 Å². The van der Waals surface area contributed by atoms with Crippen LogP contribution in [0.3, 0.4) is 0 Å². The molecule has 2 N–H and O–H groups in total. The first-order valence-corrected chi connectivity index (χ1v) is 8.71. The van der Waals surface area contributed by atoms with Crippen molar-refractivity contribution >= 4 is 28.8 Å². The predicted molar refractivity (Wildman–Crippen MR) is 83.3 cm³/mol. The number of hydrogen-bond donors (Lipinski definition) is 1. The van der Waals surface area contributed by atoms with Crippen LogP contribution in [0.4, 0.5) is 8.78 Å². The van der Waals surface area contributed by atoms with E-state index in [2.05, 4.69) is 6.92 Å². The highest BCUT2D eigenvalue weighted by Crippen LogP contribution is 2.42. The summed E-state index contributed by atoms with van der Waals surface area (Å²) in [6.45, 7) is 2.15. The van der Waals surface area contributed by atoms with E-state index < -0.39 is 17.9 Å². The molecular weight excluding hydrogens is 330 g/mol. The van der Waals surface area contributed by atoms with Gasteiger partial charge in [-0.1, -0.05) is 18.5 Å². The molecule has 2 bridgehead atoms. The minimum absolute atomic E-state index is 0.0648. The maximum absolute atomic E-state index is 14.5. The highest BCUT2D eigenvalue weighted by Gasteiger charge is 2.51. The molecule has 3 atom stereocenters. The molecule has 0 aliphatic carbocycles. The first-order valence-electron chi connectivity index (χ1n) is 7.52. The first kappa shape index (κ1) is 16.1. The van der Waals surface area contributed by atoms with E-state index in [0.717, 1.165) is 37.0 Å². The first-order chi connectivity index (χ1) is 10.3. The topological polar surface area (TPSA) is 46.3 Å². The van der Waals surface area contributed by atoms with Crippen LogP contribution < -0.4 is 5.73 Å². The van der Waals surface area contributed by atoms with Crippen LogP contribution in [0.1, 0.15) is 37.5 Å². The van der Waals surface area contributed by atoms with E-state index in [9.17, 15) is 13.6 Å². The molecule has 0 saturated carbocycles. The summed E-state index contributed by atoms with van der Waals surface area (Å²) < 4.78 is 29.3. The van der Waals surface area contributed by atoms with Gasteiger partial charge < -0.3 is 10.6 Å². The third-order valence-corrected chi connectivity index (χ3v) is 6.10. The SMILES string of the molecule is CC1CC2CCC(C1)N2C(=O)C(N)C(F)(F)c1ccc(Cl)s1. The Morgan fingerprint density at radius 1 is 1.41 bits per heavy atom. The molecule has 1 amide bonds. The smallest absolute Gasteiger partial charge is 0.305 e. The average Bonchev–Trinajstić information content (AvgIpc) is 3.00. The van der Waals surface area contributed by atoms with E-state index in [1.807, 2.05) is 0 Å². The molecule has 22 heavy (non-hydrogen) atoms. The van der Waals surface area contributed by atoms with Crippen molar-refractivity contribution in [2.75, 3.05) is 0 Å². The van der Waals surface area contributed by atoms with Gasteiger partial charge in [-0.05, 0) is 43.7 Å². The van der Waals surface area contributed by atoms with Crippen molar-refractivity contribution in [3.05, 3.63) is 21.3 Å². The number of amides is 1. The summed E-state index contributed by atoms with van der Waals surface area (Å²) in [4.78, 5) is 14.0. The normalized spacial score (nSPS) is 29.7. The molecule has 7 heteroatoms. The number of nitrogens with zero attached hydrogens (tertiary/aromatic N) is 1. The van der Waals surface area contributed by atoms with Crippen molar-refractivity contribution in [2.45, 2.75) is 56.7 Å². The molecule has 3 rings (SSSR count). The third kappa shape index (κ3) is 2.65. The molecule has 3 heterocycles. The van der Waals surface area contributed by atoms with Crippen molar-refractivity contribution < 1.29 is 13.6 Å². The van der Waals surface area contributed by atoms with Crippen molar-refractivity contribution in [1.82, 2.24) is 4.90 Å². The summed E-state index contributed by atoms with van der Waals surface area (Å²) in [5, 5.41) is 0. The molecule has 122 valence electrons. The Labute approximate surface area is 137 Å². The van der Waals surface area contributed by atoms with Crippen LogP contribution in [0.2, 0.25) is 4.34 Å². The standard InChI is InChI=1S/C15H19ClF2N2OS/c1-8-6-9-2-3-10(7-8)20(9)14(21)13(19)15(17,18)11-4-5-12(16)22-11/h4-5,8-10,13H,2-3,6-7,19H2,1H3. The Hall–Kier alpha value is -0.720. The van der Waals surface area contributed by atoms with Crippen molar-refractivity contribution in [2.24, 2.45) is 11.7 Å². The Morgan fingerprint density at radius 3 is 2.50 bits per heavy atom. The Balaban J connectivity index is 1.80. The van der Waals surface area contributed by atoms with Gasteiger partial charge in [0, 0.05) is 12.1 Å². The fourth-order valence-electron chi connectivity index (χ4n) is 3.77. The summed E-state index contributed by atoms with van der Waals surface area (Å²) in [7, 11) is 0. The molecule has 0 radical (unpaired) electrons. The van der Waals surface area contributed by atoms with E-state index in [0.29, 0.717) is 5.92 Å². The average molecular weight is 349 g/mol. The number of rotatable bonds is 3. The molecule has 2 aliphatic rings. The highest BCUT2D eigenvalue weighted by molar-refractivity contribution is 7.16.